The number of hydrogen-bond acceptors (Lipinski definition) is 4. The van der Waals surface area contributed by atoms with E-state index in [-0.39, 0.29) is 12.0 Å². The lowest BCUT2D eigenvalue weighted by molar-refractivity contribution is -0.143. The van der Waals surface area contributed by atoms with E-state index < -0.39 is 5.97 Å². The number of carbonyl (C=O) groups is 1. The first-order valence-corrected chi connectivity index (χ1v) is 9.71. The molecule has 0 aromatic heterocycles. The Kier molecular flexibility index (Phi) is 6.25. The summed E-state index contributed by atoms with van der Waals surface area (Å²) in [6.45, 7) is 5.53. The van der Waals surface area contributed by atoms with Gasteiger partial charge >= 0.3 is 5.97 Å². The van der Waals surface area contributed by atoms with Gasteiger partial charge in [-0.25, -0.2) is 0 Å². The quantitative estimate of drug-likeness (QED) is 0.810. The highest BCUT2D eigenvalue weighted by Gasteiger charge is 2.34. The number of rotatable bonds is 6. The number of aliphatic carboxylic acids is 1. The van der Waals surface area contributed by atoms with Crippen LogP contribution < -0.4 is 9.47 Å². The molecule has 1 saturated heterocycles. The minimum atomic E-state index is -0.726. The van der Waals surface area contributed by atoms with Crippen molar-refractivity contribution in [3.8, 4) is 11.5 Å². The smallest absolute Gasteiger partial charge is 0.307 e. The van der Waals surface area contributed by atoms with E-state index in [1.54, 1.807) is 14.2 Å². The second-order valence-corrected chi connectivity index (χ2v) is 7.51. The van der Waals surface area contributed by atoms with Gasteiger partial charge in [0.1, 0.15) is 11.5 Å². The van der Waals surface area contributed by atoms with Crippen LogP contribution in [0, 0.1) is 19.8 Å². The number of piperidine rings is 1. The summed E-state index contributed by atoms with van der Waals surface area (Å²) < 4.78 is 11.4. The summed E-state index contributed by atoms with van der Waals surface area (Å²) in [4.78, 5) is 13.9. The van der Waals surface area contributed by atoms with Crippen molar-refractivity contribution in [2.45, 2.75) is 32.7 Å². The zero-order chi connectivity index (χ0) is 20.3. The van der Waals surface area contributed by atoms with E-state index in [4.69, 9.17) is 9.47 Å². The van der Waals surface area contributed by atoms with Gasteiger partial charge in [0.25, 0.3) is 0 Å². The van der Waals surface area contributed by atoms with Crippen molar-refractivity contribution >= 4 is 5.97 Å². The summed E-state index contributed by atoms with van der Waals surface area (Å²) in [6.07, 6.45) is 1.57. The Morgan fingerprint density at radius 1 is 1.14 bits per heavy atom. The molecule has 5 heteroatoms. The van der Waals surface area contributed by atoms with Crippen LogP contribution in [0.2, 0.25) is 0 Å². The molecule has 0 radical (unpaired) electrons. The first-order valence-electron chi connectivity index (χ1n) is 9.71. The number of nitrogens with zero attached hydrogens (tertiary/aromatic N) is 1. The van der Waals surface area contributed by atoms with Gasteiger partial charge in [0.05, 0.1) is 31.7 Å². The van der Waals surface area contributed by atoms with Gasteiger partial charge in [0.2, 0.25) is 0 Å². The summed E-state index contributed by atoms with van der Waals surface area (Å²) in [5.41, 5.74) is 4.48. The third-order valence-electron chi connectivity index (χ3n) is 5.63. The number of ether oxygens (including phenoxy) is 2. The summed E-state index contributed by atoms with van der Waals surface area (Å²) in [7, 11) is 3.32. The van der Waals surface area contributed by atoms with Gasteiger partial charge < -0.3 is 14.6 Å². The molecule has 5 nitrogen and oxygen atoms in total. The largest absolute Gasteiger partial charge is 0.496 e. The number of aryl methyl sites for hydroxylation is 2. The fourth-order valence-corrected chi connectivity index (χ4v) is 4.26. The molecule has 0 saturated carbocycles. The maximum Gasteiger partial charge on any atom is 0.307 e. The van der Waals surface area contributed by atoms with Gasteiger partial charge in [-0.15, -0.1) is 0 Å². The Labute approximate surface area is 166 Å². The fourth-order valence-electron chi connectivity index (χ4n) is 4.26. The molecule has 2 aromatic carbocycles. The van der Waals surface area contributed by atoms with Crippen LogP contribution in [0.5, 0.6) is 11.5 Å². The van der Waals surface area contributed by atoms with Gasteiger partial charge in [-0.3, -0.25) is 9.69 Å². The number of carboxylic acid groups (broad SMARTS) is 1. The highest BCUT2D eigenvalue weighted by molar-refractivity contribution is 5.70. The van der Waals surface area contributed by atoms with Crippen LogP contribution in [0.1, 0.15) is 41.1 Å². The topological polar surface area (TPSA) is 59.0 Å². The SMILES string of the molecule is COc1cccc(OC)c1C(c1ccc(C)cc1C)N1CCCC(C(=O)O)C1. The van der Waals surface area contributed by atoms with Crippen LogP contribution in [0.4, 0.5) is 0 Å². The minimum absolute atomic E-state index is 0.131. The average molecular weight is 383 g/mol. The second kappa shape index (κ2) is 8.65. The third kappa shape index (κ3) is 3.99. The van der Waals surface area contributed by atoms with Crippen molar-refractivity contribution in [2.75, 3.05) is 27.3 Å². The van der Waals surface area contributed by atoms with E-state index in [1.165, 1.54) is 11.1 Å². The Hall–Kier alpha value is -2.53. The maximum atomic E-state index is 11.7. The molecule has 150 valence electrons. The van der Waals surface area contributed by atoms with Crippen molar-refractivity contribution < 1.29 is 19.4 Å². The van der Waals surface area contributed by atoms with Gasteiger partial charge in [-0.2, -0.15) is 0 Å². The molecular weight excluding hydrogens is 354 g/mol. The molecule has 1 heterocycles. The van der Waals surface area contributed by atoms with Crippen molar-refractivity contribution in [3.05, 3.63) is 58.7 Å². The number of likely N-dealkylation sites (tertiary alicyclic amines) is 1. The van der Waals surface area contributed by atoms with Gasteiger partial charge in [0, 0.05) is 6.54 Å². The Bertz CT molecular complexity index is 826. The molecule has 28 heavy (non-hydrogen) atoms. The number of carboxylic acids is 1. The van der Waals surface area contributed by atoms with Crippen molar-refractivity contribution in [2.24, 2.45) is 5.92 Å². The van der Waals surface area contributed by atoms with Crippen LogP contribution in [0.3, 0.4) is 0 Å². The van der Waals surface area contributed by atoms with Crippen LogP contribution in [0.25, 0.3) is 0 Å². The van der Waals surface area contributed by atoms with E-state index in [0.29, 0.717) is 13.0 Å². The molecule has 2 unspecified atom stereocenters. The average Bonchev–Trinajstić information content (AvgIpc) is 2.70. The van der Waals surface area contributed by atoms with Crippen molar-refractivity contribution in [1.29, 1.82) is 0 Å². The Balaban J connectivity index is 2.17. The van der Waals surface area contributed by atoms with E-state index in [1.807, 2.05) is 18.2 Å². The van der Waals surface area contributed by atoms with Crippen LogP contribution >= 0.6 is 0 Å². The molecule has 0 amide bonds. The molecule has 1 aliphatic rings. The predicted molar refractivity (Wildman–Crippen MR) is 109 cm³/mol. The highest BCUT2D eigenvalue weighted by Crippen LogP contribution is 2.43. The number of methoxy groups -OCH3 is 2. The molecule has 2 atom stereocenters. The van der Waals surface area contributed by atoms with Crippen molar-refractivity contribution in [3.63, 3.8) is 0 Å². The van der Waals surface area contributed by atoms with Crippen LogP contribution in [0.15, 0.2) is 36.4 Å². The molecule has 2 aromatic rings. The minimum Gasteiger partial charge on any atom is -0.496 e. The standard InChI is InChI=1S/C23H29NO4/c1-15-10-11-18(16(2)13-15)22(24-12-6-7-17(14-24)23(25)26)21-19(27-3)8-5-9-20(21)28-4/h5,8-11,13,17,22H,6-7,12,14H2,1-4H3,(H,25,26). The Morgan fingerprint density at radius 3 is 2.39 bits per heavy atom. The molecule has 0 spiro atoms. The summed E-state index contributed by atoms with van der Waals surface area (Å²) >= 11 is 0. The molecule has 1 fully saturated rings. The monoisotopic (exact) mass is 383 g/mol. The lowest BCUT2D eigenvalue weighted by atomic mass is 9.88. The third-order valence-corrected chi connectivity index (χ3v) is 5.63. The number of hydrogen-bond donors (Lipinski definition) is 1. The van der Waals surface area contributed by atoms with Crippen LogP contribution in [-0.4, -0.2) is 43.3 Å². The molecule has 1 aliphatic heterocycles. The maximum absolute atomic E-state index is 11.7. The van der Waals surface area contributed by atoms with Gasteiger partial charge in [-0.05, 0) is 56.5 Å². The van der Waals surface area contributed by atoms with E-state index in [2.05, 4.69) is 36.9 Å². The summed E-state index contributed by atoms with van der Waals surface area (Å²) in [5, 5.41) is 9.60. The van der Waals surface area contributed by atoms with E-state index >= 15 is 0 Å². The molecule has 1 N–H and O–H groups in total. The highest BCUT2D eigenvalue weighted by atomic mass is 16.5. The molecule has 3 rings (SSSR count). The summed E-state index contributed by atoms with van der Waals surface area (Å²) in [6, 6.07) is 12.1. The van der Waals surface area contributed by atoms with Crippen molar-refractivity contribution in [1.82, 2.24) is 4.90 Å². The normalized spacial score (nSPS) is 18.5. The number of benzene rings is 2. The van der Waals surface area contributed by atoms with E-state index in [0.717, 1.165) is 35.6 Å². The van der Waals surface area contributed by atoms with E-state index in [9.17, 15) is 9.90 Å². The lowest BCUT2D eigenvalue weighted by Crippen LogP contribution is -2.41. The van der Waals surface area contributed by atoms with Crippen LogP contribution in [-0.2, 0) is 4.79 Å². The Morgan fingerprint density at radius 2 is 1.82 bits per heavy atom. The molecule has 0 aliphatic carbocycles. The predicted octanol–water partition coefficient (Wildman–Crippen LogP) is 4.21. The zero-order valence-corrected chi connectivity index (χ0v) is 17.1. The molecular formula is C23H29NO4. The second-order valence-electron chi connectivity index (χ2n) is 7.51. The van der Waals surface area contributed by atoms with Gasteiger partial charge in [0.15, 0.2) is 0 Å². The lowest BCUT2D eigenvalue weighted by Gasteiger charge is -2.39. The van der Waals surface area contributed by atoms with Gasteiger partial charge in [-0.1, -0.05) is 29.8 Å². The fraction of sp³-hybridized carbons (Fsp3) is 0.435. The molecule has 0 bridgehead atoms. The first kappa shape index (κ1) is 20.2. The zero-order valence-electron chi connectivity index (χ0n) is 17.1. The first-order chi connectivity index (χ1) is 13.5. The summed E-state index contributed by atoms with van der Waals surface area (Å²) in [5.74, 6) is 0.419.